The van der Waals surface area contributed by atoms with Crippen molar-refractivity contribution in [1.82, 2.24) is 10.2 Å². The van der Waals surface area contributed by atoms with Crippen molar-refractivity contribution in [2.75, 3.05) is 26.7 Å². The van der Waals surface area contributed by atoms with Crippen molar-refractivity contribution in [3.8, 4) is 0 Å². The number of rotatable bonds is 4. The highest BCUT2D eigenvalue weighted by Gasteiger charge is 2.24. The van der Waals surface area contributed by atoms with Gasteiger partial charge in [-0.2, -0.15) is 0 Å². The number of carbonyl (C=O) groups excluding carboxylic acids is 1. The molecule has 1 amide bonds. The summed E-state index contributed by atoms with van der Waals surface area (Å²) in [5, 5.41) is 3.11. The average molecular weight is 232 g/mol. The van der Waals surface area contributed by atoms with E-state index in [4.69, 9.17) is 0 Å². The Morgan fingerprint density at radius 2 is 2.24 bits per heavy atom. The zero-order valence-corrected chi connectivity index (χ0v) is 10.6. The number of amides is 1. The van der Waals surface area contributed by atoms with Crippen LogP contribution in [0.3, 0.4) is 0 Å². The van der Waals surface area contributed by atoms with Gasteiger partial charge in [0.1, 0.15) is 0 Å². The Labute approximate surface area is 103 Å². The molecular weight excluding hydrogens is 212 g/mol. The van der Waals surface area contributed by atoms with Crippen LogP contribution in [0.25, 0.3) is 0 Å². The molecule has 0 radical (unpaired) electrons. The van der Waals surface area contributed by atoms with Gasteiger partial charge in [0.15, 0.2) is 0 Å². The highest BCUT2D eigenvalue weighted by Crippen LogP contribution is 2.21. The summed E-state index contributed by atoms with van der Waals surface area (Å²) in [6.45, 7) is 4.76. The molecule has 3 nitrogen and oxygen atoms in total. The summed E-state index contributed by atoms with van der Waals surface area (Å²) in [4.78, 5) is 14.2. The van der Waals surface area contributed by atoms with Crippen LogP contribution in [0.5, 0.6) is 0 Å². The number of aryl methyl sites for hydroxylation is 1. The van der Waals surface area contributed by atoms with Crippen LogP contribution in [0.4, 0.5) is 0 Å². The molecule has 1 heterocycles. The number of nitrogens with zero attached hydrogens (tertiary/aromatic N) is 1. The molecule has 17 heavy (non-hydrogen) atoms. The largest absolute Gasteiger partial charge is 0.338 e. The highest BCUT2D eigenvalue weighted by atomic mass is 16.2. The molecule has 1 aromatic rings. The Morgan fingerprint density at radius 3 is 3.00 bits per heavy atom. The molecule has 0 fully saturated rings. The quantitative estimate of drug-likeness (QED) is 0.800. The van der Waals surface area contributed by atoms with Crippen molar-refractivity contribution in [3.63, 3.8) is 0 Å². The van der Waals surface area contributed by atoms with Gasteiger partial charge >= 0.3 is 0 Å². The molecule has 1 N–H and O–H groups in total. The third-order valence-corrected chi connectivity index (χ3v) is 3.41. The van der Waals surface area contributed by atoms with E-state index < -0.39 is 0 Å². The second-order valence-electron chi connectivity index (χ2n) is 4.60. The van der Waals surface area contributed by atoms with Crippen molar-refractivity contribution in [2.45, 2.75) is 19.8 Å². The van der Waals surface area contributed by atoms with E-state index in [9.17, 15) is 4.79 Å². The lowest BCUT2D eigenvalue weighted by Crippen LogP contribution is -2.39. The average Bonchev–Trinajstić information content (AvgIpc) is 2.33. The molecule has 0 bridgehead atoms. The summed E-state index contributed by atoms with van der Waals surface area (Å²) in [6.07, 6.45) is 2.01. The van der Waals surface area contributed by atoms with Gasteiger partial charge in [0.25, 0.3) is 5.91 Å². The maximum atomic E-state index is 12.3. The van der Waals surface area contributed by atoms with Crippen LogP contribution in [-0.4, -0.2) is 37.5 Å². The molecular formula is C14H20N2O. The summed E-state index contributed by atoms with van der Waals surface area (Å²) < 4.78 is 0. The van der Waals surface area contributed by atoms with Gasteiger partial charge in [0, 0.05) is 18.7 Å². The van der Waals surface area contributed by atoms with Crippen LogP contribution in [0, 0.1) is 6.92 Å². The fourth-order valence-corrected chi connectivity index (χ4v) is 2.41. The van der Waals surface area contributed by atoms with Crippen molar-refractivity contribution < 1.29 is 4.79 Å². The monoisotopic (exact) mass is 232 g/mol. The van der Waals surface area contributed by atoms with E-state index in [0.29, 0.717) is 0 Å². The molecule has 0 aromatic heterocycles. The molecule has 0 spiro atoms. The summed E-state index contributed by atoms with van der Waals surface area (Å²) in [7, 11) is 1.94. The van der Waals surface area contributed by atoms with E-state index >= 15 is 0 Å². The molecule has 1 aromatic carbocycles. The Hall–Kier alpha value is -1.35. The molecule has 1 aliphatic rings. The summed E-state index contributed by atoms with van der Waals surface area (Å²) in [5.74, 6) is 0.200. The van der Waals surface area contributed by atoms with Crippen molar-refractivity contribution in [2.24, 2.45) is 0 Å². The number of fused-ring (bicyclic) bond motifs is 1. The maximum absolute atomic E-state index is 12.3. The van der Waals surface area contributed by atoms with Crippen LogP contribution >= 0.6 is 0 Å². The number of nitrogens with one attached hydrogen (secondary N) is 1. The minimum atomic E-state index is 0.200. The first-order valence-electron chi connectivity index (χ1n) is 6.26. The molecule has 2 rings (SSSR count). The zero-order chi connectivity index (χ0) is 12.3. The van der Waals surface area contributed by atoms with Gasteiger partial charge in [-0.05, 0) is 50.6 Å². The molecule has 92 valence electrons. The minimum Gasteiger partial charge on any atom is -0.338 e. The van der Waals surface area contributed by atoms with E-state index in [1.807, 2.05) is 24.1 Å². The molecule has 0 saturated carbocycles. The Balaban J connectivity index is 2.11. The van der Waals surface area contributed by atoms with Crippen LogP contribution < -0.4 is 5.32 Å². The first kappa shape index (κ1) is 12.1. The normalized spacial score (nSPS) is 14.9. The van der Waals surface area contributed by atoms with E-state index in [1.165, 1.54) is 11.1 Å². The fraction of sp³-hybridized carbons (Fsp3) is 0.500. The third kappa shape index (κ3) is 2.50. The van der Waals surface area contributed by atoms with Gasteiger partial charge < -0.3 is 10.2 Å². The predicted octanol–water partition coefficient (Wildman–Crippen LogP) is 1.60. The molecule has 0 aliphatic carbocycles. The van der Waals surface area contributed by atoms with Crippen molar-refractivity contribution in [3.05, 3.63) is 34.9 Å². The van der Waals surface area contributed by atoms with E-state index in [1.54, 1.807) is 0 Å². The molecule has 0 saturated heterocycles. The van der Waals surface area contributed by atoms with Gasteiger partial charge in [-0.1, -0.05) is 12.1 Å². The fourth-order valence-electron chi connectivity index (χ4n) is 2.41. The number of benzene rings is 1. The number of hydrogen-bond donors (Lipinski definition) is 1. The Kier molecular flexibility index (Phi) is 3.79. The Morgan fingerprint density at radius 1 is 1.41 bits per heavy atom. The predicted molar refractivity (Wildman–Crippen MR) is 69.3 cm³/mol. The zero-order valence-electron chi connectivity index (χ0n) is 10.6. The second kappa shape index (κ2) is 5.32. The first-order chi connectivity index (χ1) is 8.24. The molecule has 0 atom stereocenters. The van der Waals surface area contributed by atoms with Gasteiger partial charge in [-0.15, -0.1) is 0 Å². The molecule has 0 unspecified atom stereocenters. The van der Waals surface area contributed by atoms with Gasteiger partial charge in [0.05, 0.1) is 0 Å². The molecule has 3 heteroatoms. The van der Waals surface area contributed by atoms with E-state index in [2.05, 4.69) is 18.3 Å². The lowest BCUT2D eigenvalue weighted by atomic mass is 9.94. The maximum Gasteiger partial charge on any atom is 0.254 e. The topological polar surface area (TPSA) is 32.3 Å². The lowest BCUT2D eigenvalue weighted by molar-refractivity contribution is 0.0738. The second-order valence-corrected chi connectivity index (χ2v) is 4.60. The van der Waals surface area contributed by atoms with Crippen molar-refractivity contribution >= 4 is 5.91 Å². The van der Waals surface area contributed by atoms with Crippen molar-refractivity contribution in [1.29, 1.82) is 0 Å². The summed E-state index contributed by atoms with van der Waals surface area (Å²) in [5.41, 5.74) is 3.38. The smallest absolute Gasteiger partial charge is 0.254 e. The minimum absolute atomic E-state index is 0.200. The summed E-state index contributed by atoms with van der Waals surface area (Å²) >= 11 is 0. The van der Waals surface area contributed by atoms with Crippen LogP contribution in [-0.2, 0) is 6.42 Å². The van der Waals surface area contributed by atoms with E-state index in [-0.39, 0.29) is 5.91 Å². The standard InChI is InChI=1S/C14H20N2O/c1-11-5-3-6-13-12(11)7-10-16(14(13)17)9-4-8-15-2/h3,5-6,15H,4,7-10H2,1-2H3. The number of carbonyl (C=O) groups is 1. The highest BCUT2D eigenvalue weighted by molar-refractivity contribution is 5.97. The SMILES string of the molecule is CNCCCN1CCc2c(C)cccc2C1=O. The third-order valence-electron chi connectivity index (χ3n) is 3.41. The lowest BCUT2D eigenvalue weighted by Gasteiger charge is -2.29. The van der Waals surface area contributed by atoms with Crippen LogP contribution in [0.1, 0.15) is 27.9 Å². The Bertz CT molecular complexity index is 415. The van der Waals surface area contributed by atoms with E-state index in [0.717, 1.165) is 38.0 Å². The van der Waals surface area contributed by atoms with Crippen LogP contribution in [0.15, 0.2) is 18.2 Å². The van der Waals surface area contributed by atoms with Crippen LogP contribution in [0.2, 0.25) is 0 Å². The van der Waals surface area contributed by atoms with Gasteiger partial charge in [0.2, 0.25) is 0 Å². The van der Waals surface area contributed by atoms with Gasteiger partial charge in [-0.3, -0.25) is 4.79 Å². The number of hydrogen-bond acceptors (Lipinski definition) is 2. The first-order valence-corrected chi connectivity index (χ1v) is 6.26. The molecule has 1 aliphatic heterocycles. The van der Waals surface area contributed by atoms with Gasteiger partial charge in [-0.25, -0.2) is 0 Å². The summed E-state index contributed by atoms with van der Waals surface area (Å²) in [6, 6.07) is 6.01.